The van der Waals surface area contributed by atoms with Crippen LogP contribution in [0.5, 0.6) is 11.5 Å². The van der Waals surface area contributed by atoms with E-state index in [1.54, 1.807) is 31.4 Å². The van der Waals surface area contributed by atoms with Gasteiger partial charge in [-0.05, 0) is 48.4 Å². The molecule has 2 aromatic carbocycles. The number of hydrogen-bond donors (Lipinski definition) is 1. The molecule has 0 spiro atoms. The Morgan fingerprint density at radius 3 is 2.46 bits per heavy atom. The van der Waals surface area contributed by atoms with Crippen LogP contribution >= 0.6 is 11.8 Å². The topological polar surface area (TPSA) is 47.6 Å². The minimum absolute atomic E-state index is 0.0358. The standard InChI is InChI=1S/C19H21NO3S/c1-22-16-8-4-15(5-9-16)19(21)12-23-17-6-2-14(3-7-17)10-18-11-20-13-24-18/h2-9,18,20H,10-13H2,1H3. The highest BCUT2D eigenvalue weighted by Gasteiger charge is 2.15. The SMILES string of the molecule is COc1ccc(C(=O)COc2ccc(CC3CNCS3)cc2)cc1. The number of methoxy groups -OCH3 is 1. The van der Waals surface area contributed by atoms with Crippen molar-refractivity contribution in [3.63, 3.8) is 0 Å². The van der Waals surface area contributed by atoms with Gasteiger partial charge in [-0.3, -0.25) is 4.79 Å². The number of nitrogens with one attached hydrogen (secondary N) is 1. The summed E-state index contributed by atoms with van der Waals surface area (Å²) in [5.74, 6) is 2.45. The first-order valence-electron chi connectivity index (χ1n) is 7.96. The molecule has 1 N–H and O–H groups in total. The van der Waals surface area contributed by atoms with E-state index in [2.05, 4.69) is 17.4 Å². The van der Waals surface area contributed by atoms with Crippen LogP contribution < -0.4 is 14.8 Å². The van der Waals surface area contributed by atoms with Crippen LogP contribution in [0.2, 0.25) is 0 Å². The smallest absolute Gasteiger partial charge is 0.200 e. The van der Waals surface area contributed by atoms with Crippen molar-refractivity contribution in [1.82, 2.24) is 5.32 Å². The second-order valence-electron chi connectivity index (χ2n) is 5.68. The number of ketones is 1. The molecule has 0 aromatic heterocycles. The van der Waals surface area contributed by atoms with Crippen LogP contribution in [0.4, 0.5) is 0 Å². The second-order valence-corrected chi connectivity index (χ2v) is 6.96. The maximum atomic E-state index is 12.1. The average molecular weight is 343 g/mol. The summed E-state index contributed by atoms with van der Waals surface area (Å²) in [6.45, 7) is 1.10. The lowest BCUT2D eigenvalue weighted by Gasteiger charge is -2.09. The molecule has 1 unspecified atom stereocenters. The van der Waals surface area contributed by atoms with E-state index in [9.17, 15) is 4.79 Å². The first-order valence-corrected chi connectivity index (χ1v) is 9.01. The van der Waals surface area contributed by atoms with Crippen LogP contribution in [0.3, 0.4) is 0 Å². The molecule has 126 valence electrons. The Bertz CT molecular complexity index is 664. The largest absolute Gasteiger partial charge is 0.497 e. The number of carbonyl (C=O) groups excluding carboxylic acids is 1. The highest BCUT2D eigenvalue weighted by atomic mass is 32.2. The molecule has 0 aliphatic carbocycles. The lowest BCUT2D eigenvalue weighted by atomic mass is 10.1. The zero-order valence-corrected chi connectivity index (χ0v) is 14.5. The number of carbonyl (C=O) groups is 1. The van der Waals surface area contributed by atoms with E-state index in [1.807, 2.05) is 23.9 Å². The highest BCUT2D eigenvalue weighted by molar-refractivity contribution is 8.00. The summed E-state index contributed by atoms with van der Waals surface area (Å²) >= 11 is 1.96. The average Bonchev–Trinajstić information content (AvgIpc) is 3.14. The van der Waals surface area contributed by atoms with E-state index in [0.717, 1.165) is 30.3 Å². The molecule has 1 heterocycles. The number of ether oxygens (including phenoxy) is 2. The monoisotopic (exact) mass is 343 g/mol. The Balaban J connectivity index is 1.50. The summed E-state index contributed by atoms with van der Waals surface area (Å²) in [6.07, 6.45) is 1.06. The molecule has 2 aromatic rings. The summed E-state index contributed by atoms with van der Waals surface area (Å²) in [4.78, 5) is 12.1. The predicted molar refractivity (Wildman–Crippen MR) is 97.2 cm³/mol. The van der Waals surface area contributed by atoms with Crippen molar-refractivity contribution in [2.75, 3.05) is 26.1 Å². The van der Waals surface area contributed by atoms with Crippen molar-refractivity contribution in [2.24, 2.45) is 0 Å². The normalized spacial score (nSPS) is 16.8. The minimum Gasteiger partial charge on any atom is -0.497 e. The zero-order chi connectivity index (χ0) is 16.8. The summed E-state index contributed by atoms with van der Waals surface area (Å²) < 4.78 is 10.7. The van der Waals surface area contributed by atoms with Gasteiger partial charge in [0, 0.05) is 23.2 Å². The van der Waals surface area contributed by atoms with Gasteiger partial charge in [-0.2, -0.15) is 0 Å². The molecule has 0 radical (unpaired) electrons. The van der Waals surface area contributed by atoms with Gasteiger partial charge < -0.3 is 14.8 Å². The van der Waals surface area contributed by atoms with Crippen molar-refractivity contribution >= 4 is 17.5 Å². The molecule has 1 aliphatic heterocycles. The molecule has 3 rings (SSSR count). The Kier molecular flexibility index (Phi) is 5.77. The van der Waals surface area contributed by atoms with Crippen LogP contribution in [0.1, 0.15) is 15.9 Å². The fourth-order valence-electron chi connectivity index (χ4n) is 2.58. The Morgan fingerprint density at radius 1 is 1.12 bits per heavy atom. The molecule has 1 saturated heterocycles. The maximum absolute atomic E-state index is 12.1. The van der Waals surface area contributed by atoms with Crippen molar-refractivity contribution < 1.29 is 14.3 Å². The lowest BCUT2D eigenvalue weighted by Crippen LogP contribution is -2.14. The predicted octanol–water partition coefficient (Wildman–Crippen LogP) is 3.16. The van der Waals surface area contributed by atoms with Crippen molar-refractivity contribution in [3.8, 4) is 11.5 Å². The van der Waals surface area contributed by atoms with E-state index in [4.69, 9.17) is 9.47 Å². The minimum atomic E-state index is -0.0461. The molecule has 4 nitrogen and oxygen atoms in total. The molecular formula is C19H21NO3S. The van der Waals surface area contributed by atoms with Gasteiger partial charge in [-0.25, -0.2) is 0 Å². The number of hydrogen-bond acceptors (Lipinski definition) is 5. The van der Waals surface area contributed by atoms with Crippen LogP contribution in [0.15, 0.2) is 48.5 Å². The van der Waals surface area contributed by atoms with E-state index in [0.29, 0.717) is 10.8 Å². The Labute approximate surface area is 146 Å². The van der Waals surface area contributed by atoms with Gasteiger partial charge in [0.1, 0.15) is 11.5 Å². The molecule has 1 aliphatic rings. The van der Waals surface area contributed by atoms with Gasteiger partial charge in [0.15, 0.2) is 12.4 Å². The number of Topliss-reactive ketones (excluding diaryl/α,β-unsaturated/α-hetero) is 1. The number of rotatable bonds is 7. The summed E-state index contributed by atoms with van der Waals surface area (Å²) in [5, 5.41) is 4.00. The van der Waals surface area contributed by atoms with Gasteiger partial charge in [0.05, 0.1) is 7.11 Å². The van der Waals surface area contributed by atoms with E-state index in [-0.39, 0.29) is 12.4 Å². The fourth-order valence-corrected chi connectivity index (χ4v) is 3.60. The second kappa shape index (κ2) is 8.22. The maximum Gasteiger partial charge on any atom is 0.200 e. The first-order chi connectivity index (χ1) is 11.7. The van der Waals surface area contributed by atoms with E-state index < -0.39 is 0 Å². The van der Waals surface area contributed by atoms with Crippen molar-refractivity contribution in [3.05, 3.63) is 59.7 Å². The molecule has 0 amide bonds. The first kappa shape index (κ1) is 16.9. The molecule has 1 atom stereocenters. The van der Waals surface area contributed by atoms with E-state index in [1.165, 1.54) is 5.56 Å². The Morgan fingerprint density at radius 2 is 1.83 bits per heavy atom. The Hall–Kier alpha value is -1.98. The van der Waals surface area contributed by atoms with Crippen LogP contribution in [-0.2, 0) is 6.42 Å². The number of thioether (sulfide) groups is 1. The molecule has 5 heteroatoms. The fraction of sp³-hybridized carbons (Fsp3) is 0.316. The zero-order valence-electron chi connectivity index (χ0n) is 13.7. The summed E-state index contributed by atoms with van der Waals surface area (Å²) in [5.41, 5.74) is 1.92. The third kappa shape index (κ3) is 4.52. The molecule has 0 bridgehead atoms. The van der Waals surface area contributed by atoms with Crippen molar-refractivity contribution in [2.45, 2.75) is 11.7 Å². The molecule has 1 fully saturated rings. The molecule has 24 heavy (non-hydrogen) atoms. The molecule has 0 saturated carbocycles. The molecular weight excluding hydrogens is 322 g/mol. The van der Waals surface area contributed by atoms with Gasteiger partial charge in [-0.1, -0.05) is 12.1 Å². The van der Waals surface area contributed by atoms with Gasteiger partial charge in [0.2, 0.25) is 0 Å². The van der Waals surface area contributed by atoms with Gasteiger partial charge in [0.25, 0.3) is 0 Å². The van der Waals surface area contributed by atoms with Crippen molar-refractivity contribution in [1.29, 1.82) is 0 Å². The highest BCUT2D eigenvalue weighted by Crippen LogP contribution is 2.21. The third-order valence-corrected chi connectivity index (χ3v) is 5.14. The lowest BCUT2D eigenvalue weighted by molar-refractivity contribution is 0.0921. The van der Waals surface area contributed by atoms with Gasteiger partial charge >= 0.3 is 0 Å². The quantitative estimate of drug-likeness (QED) is 0.783. The van der Waals surface area contributed by atoms with Crippen LogP contribution in [0, 0.1) is 0 Å². The van der Waals surface area contributed by atoms with E-state index >= 15 is 0 Å². The van der Waals surface area contributed by atoms with Crippen LogP contribution in [0.25, 0.3) is 0 Å². The summed E-state index contributed by atoms with van der Waals surface area (Å²) in [7, 11) is 1.60. The third-order valence-electron chi connectivity index (χ3n) is 3.96. The number of benzene rings is 2. The summed E-state index contributed by atoms with van der Waals surface area (Å²) in [6, 6.07) is 15.1. The van der Waals surface area contributed by atoms with Crippen LogP contribution in [-0.4, -0.2) is 37.2 Å². The van der Waals surface area contributed by atoms with Gasteiger partial charge in [-0.15, -0.1) is 11.8 Å².